The van der Waals surface area contributed by atoms with Crippen molar-refractivity contribution >= 4 is 23.9 Å². The van der Waals surface area contributed by atoms with Crippen LogP contribution in [0.3, 0.4) is 0 Å². The Morgan fingerprint density at radius 1 is 0.467 bits per heavy atom. The molecular weight excluding hydrogens is 949 g/mol. The molecule has 3 N–H and O–H groups in total. The molecule has 75 heavy (non-hydrogen) atoms. The first kappa shape index (κ1) is 69.2. The summed E-state index contributed by atoms with van der Waals surface area (Å²) in [5, 5.41) is 31.4. The molecule has 0 bridgehead atoms. The average Bonchev–Trinajstić information content (AvgIpc) is 3.39. The summed E-state index contributed by atoms with van der Waals surface area (Å²) < 4.78 is 28.3. The number of carbonyl (C=O) groups excluding carboxylic acids is 3. The minimum absolute atomic E-state index is 0.153. The Labute approximate surface area is 455 Å². The van der Waals surface area contributed by atoms with Crippen molar-refractivity contribution in [3.8, 4) is 0 Å². The lowest BCUT2D eigenvalue weighted by atomic mass is 9.98. The zero-order valence-electron chi connectivity index (χ0n) is 47.3. The molecule has 12 heteroatoms. The van der Waals surface area contributed by atoms with Gasteiger partial charge in [-0.05, 0) is 70.6 Å². The Balaban J connectivity index is 2.69. The fourth-order valence-corrected chi connectivity index (χ4v) is 8.73. The van der Waals surface area contributed by atoms with Crippen LogP contribution >= 0.6 is 0 Å². The van der Waals surface area contributed by atoms with Crippen LogP contribution in [-0.2, 0) is 42.9 Å². The molecule has 0 aromatic carbocycles. The lowest BCUT2D eigenvalue weighted by Crippen LogP contribution is -2.61. The SMILES string of the molecule is CC/C=C\C/C=C\C/C=C\C/C=C\C/C=C\CC(=O)OC1C(OCC(COC(=O)CCCCCCCCCCC/C=C\CCCCCCCC)OC(=O)CCCCCCCCCCCCC)OC(C(=O)O)C(O)C1O. The number of allylic oxidation sites excluding steroid dienone is 11. The maximum Gasteiger partial charge on any atom is 0.335 e. The van der Waals surface area contributed by atoms with E-state index in [-0.39, 0.29) is 25.9 Å². The van der Waals surface area contributed by atoms with Gasteiger partial charge in [0.2, 0.25) is 0 Å². The van der Waals surface area contributed by atoms with Gasteiger partial charge in [0.25, 0.3) is 0 Å². The number of aliphatic carboxylic acids is 1. The Bertz CT molecular complexity index is 1580. The molecule has 1 aliphatic rings. The second-order valence-corrected chi connectivity index (χ2v) is 20.3. The summed E-state index contributed by atoms with van der Waals surface area (Å²) in [5.41, 5.74) is 0. The van der Waals surface area contributed by atoms with Gasteiger partial charge in [-0.25, -0.2) is 4.79 Å². The lowest BCUT2D eigenvalue weighted by molar-refractivity contribution is -0.301. The van der Waals surface area contributed by atoms with Crippen LogP contribution in [-0.4, -0.2) is 89.2 Å². The fourth-order valence-electron chi connectivity index (χ4n) is 8.73. The van der Waals surface area contributed by atoms with E-state index < -0.39 is 67.3 Å². The monoisotopic (exact) mass is 1050 g/mol. The Hall–Kier alpha value is -3.84. The molecule has 6 unspecified atom stereocenters. The van der Waals surface area contributed by atoms with Gasteiger partial charge >= 0.3 is 23.9 Å². The van der Waals surface area contributed by atoms with Crippen LogP contribution in [0.1, 0.15) is 252 Å². The summed E-state index contributed by atoms with van der Waals surface area (Å²) in [6, 6.07) is 0. The summed E-state index contributed by atoms with van der Waals surface area (Å²) in [6.07, 6.45) is 51.9. The number of aliphatic hydroxyl groups excluding tert-OH is 2. The molecule has 0 radical (unpaired) electrons. The molecule has 12 nitrogen and oxygen atoms in total. The van der Waals surface area contributed by atoms with Crippen LogP contribution < -0.4 is 0 Å². The molecule has 1 heterocycles. The molecule has 0 aromatic heterocycles. The van der Waals surface area contributed by atoms with Crippen molar-refractivity contribution in [1.82, 2.24) is 0 Å². The van der Waals surface area contributed by atoms with Crippen molar-refractivity contribution < 1.29 is 58.2 Å². The quantitative estimate of drug-likeness (QED) is 0.0228. The van der Waals surface area contributed by atoms with E-state index in [2.05, 4.69) is 69.4 Å². The molecule has 430 valence electrons. The normalized spacial score (nSPS) is 18.7. The van der Waals surface area contributed by atoms with E-state index in [4.69, 9.17) is 23.7 Å². The van der Waals surface area contributed by atoms with E-state index in [0.29, 0.717) is 19.3 Å². The molecule has 6 atom stereocenters. The highest BCUT2D eigenvalue weighted by molar-refractivity contribution is 5.74. The molecule has 0 amide bonds. The Morgan fingerprint density at radius 3 is 1.33 bits per heavy atom. The number of ether oxygens (including phenoxy) is 5. The van der Waals surface area contributed by atoms with E-state index in [0.717, 1.165) is 64.2 Å². The van der Waals surface area contributed by atoms with Crippen molar-refractivity contribution in [3.63, 3.8) is 0 Å². The highest BCUT2D eigenvalue weighted by Crippen LogP contribution is 2.26. The summed E-state index contributed by atoms with van der Waals surface area (Å²) in [4.78, 5) is 51.0. The topological polar surface area (TPSA) is 175 Å². The van der Waals surface area contributed by atoms with Crippen molar-refractivity contribution in [2.45, 2.75) is 289 Å². The van der Waals surface area contributed by atoms with Crippen molar-refractivity contribution in [2.24, 2.45) is 0 Å². The van der Waals surface area contributed by atoms with Crippen LogP contribution in [0.5, 0.6) is 0 Å². The molecule has 0 spiro atoms. The second-order valence-electron chi connectivity index (χ2n) is 20.3. The van der Waals surface area contributed by atoms with E-state index in [9.17, 15) is 34.5 Å². The standard InChI is InChI=1S/C63H106O12/c1-4-7-10-13-16-19-22-24-26-27-28-29-31-32-35-37-40-43-46-49-55(64)71-52-54(73-56(65)50-47-44-41-38-34-21-18-15-12-9-6-3)53-72-63-61(59(68)58(67)60(75-63)62(69)70)74-57(66)51-48-45-42-39-36-33-30-25-23-20-17-14-11-8-5-2/h8,11,17,20,24-26,30,36,39,45,48,54,58-61,63,67-68H,4-7,9-10,12-16,18-19,21-23,27-29,31-35,37-38,40-44,46-47,49-53H2,1-3H3,(H,69,70)/b11-8-,20-17-,26-24-,30-25-,39-36-,48-45-. The third-order valence-corrected chi connectivity index (χ3v) is 13.3. The van der Waals surface area contributed by atoms with Gasteiger partial charge in [0.05, 0.1) is 13.0 Å². The average molecular weight is 1060 g/mol. The number of esters is 3. The molecule has 0 saturated carbocycles. The summed E-state index contributed by atoms with van der Waals surface area (Å²) in [5.74, 6) is -3.28. The zero-order chi connectivity index (χ0) is 54.7. The molecule has 0 aliphatic carbocycles. The summed E-state index contributed by atoms with van der Waals surface area (Å²) in [6.45, 7) is 5.83. The molecule has 1 aliphatic heterocycles. The van der Waals surface area contributed by atoms with Crippen LogP contribution in [0.4, 0.5) is 0 Å². The van der Waals surface area contributed by atoms with Gasteiger partial charge < -0.3 is 39.0 Å². The maximum absolute atomic E-state index is 13.1. The minimum atomic E-state index is -1.93. The Morgan fingerprint density at radius 2 is 0.880 bits per heavy atom. The molecule has 1 rings (SSSR count). The molecule has 1 fully saturated rings. The van der Waals surface area contributed by atoms with Gasteiger partial charge in [-0.15, -0.1) is 0 Å². The van der Waals surface area contributed by atoms with Gasteiger partial charge in [0.15, 0.2) is 24.6 Å². The first-order valence-corrected chi connectivity index (χ1v) is 29.9. The van der Waals surface area contributed by atoms with Crippen LogP contribution in [0.25, 0.3) is 0 Å². The number of unbranched alkanes of at least 4 members (excludes halogenated alkanes) is 25. The number of carboxylic acid groups (broad SMARTS) is 1. The van der Waals surface area contributed by atoms with E-state index in [1.165, 1.54) is 128 Å². The number of hydrogen-bond acceptors (Lipinski definition) is 11. The largest absolute Gasteiger partial charge is 0.479 e. The maximum atomic E-state index is 13.1. The number of carboxylic acids is 1. The predicted molar refractivity (Wildman–Crippen MR) is 303 cm³/mol. The van der Waals surface area contributed by atoms with Crippen LogP contribution in [0.2, 0.25) is 0 Å². The van der Waals surface area contributed by atoms with Crippen molar-refractivity contribution in [2.75, 3.05) is 13.2 Å². The first-order valence-electron chi connectivity index (χ1n) is 29.9. The number of aliphatic hydroxyl groups is 2. The van der Waals surface area contributed by atoms with Gasteiger partial charge in [-0.2, -0.15) is 0 Å². The molecular formula is C63H106O12. The van der Waals surface area contributed by atoms with Crippen LogP contribution in [0, 0.1) is 0 Å². The summed E-state index contributed by atoms with van der Waals surface area (Å²) >= 11 is 0. The van der Waals surface area contributed by atoms with Crippen molar-refractivity contribution in [1.29, 1.82) is 0 Å². The Kier molecular flexibility index (Phi) is 47.0. The van der Waals surface area contributed by atoms with Gasteiger partial charge in [0, 0.05) is 12.8 Å². The third-order valence-electron chi connectivity index (χ3n) is 13.3. The van der Waals surface area contributed by atoms with Crippen molar-refractivity contribution in [3.05, 3.63) is 72.9 Å². The second kappa shape index (κ2) is 50.9. The van der Waals surface area contributed by atoms with E-state index >= 15 is 0 Å². The number of hydrogen-bond donors (Lipinski definition) is 3. The first-order chi connectivity index (χ1) is 36.6. The zero-order valence-corrected chi connectivity index (χ0v) is 47.3. The number of carbonyl (C=O) groups is 4. The summed E-state index contributed by atoms with van der Waals surface area (Å²) in [7, 11) is 0. The fraction of sp³-hybridized carbons (Fsp3) is 0.746. The third kappa shape index (κ3) is 41.0. The van der Waals surface area contributed by atoms with Crippen LogP contribution in [0.15, 0.2) is 72.9 Å². The highest BCUT2D eigenvalue weighted by atomic mass is 16.7. The van der Waals surface area contributed by atoms with Gasteiger partial charge in [-0.3, -0.25) is 14.4 Å². The van der Waals surface area contributed by atoms with Gasteiger partial charge in [0.1, 0.15) is 18.8 Å². The number of rotatable bonds is 50. The molecule has 0 aromatic rings. The molecule has 1 saturated heterocycles. The smallest absolute Gasteiger partial charge is 0.335 e. The van der Waals surface area contributed by atoms with Gasteiger partial charge in [-0.1, -0.05) is 235 Å². The van der Waals surface area contributed by atoms with E-state index in [1.807, 2.05) is 12.2 Å². The van der Waals surface area contributed by atoms with E-state index in [1.54, 1.807) is 12.2 Å². The highest BCUT2D eigenvalue weighted by Gasteiger charge is 2.50. The predicted octanol–water partition coefficient (Wildman–Crippen LogP) is 15.3. The lowest BCUT2D eigenvalue weighted by Gasteiger charge is -2.40. The minimum Gasteiger partial charge on any atom is -0.479 e.